The fourth-order valence-corrected chi connectivity index (χ4v) is 2.20. The van der Waals surface area contributed by atoms with E-state index in [1.807, 2.05) is 12.1 Å². The maximum absolute atomic E-state index is 12.2. The van der Waals surface area contributed by atoms with Gasteiger partial charge in [0.15, 0.2) is 5.65 Å². The van der Waals surface area contributed by atoms with Gasteiger partial charge in [0.25, 0.3) is 0 Å². The standard InChI is InChI=1S/C13H11N5OS/c14-12(20)11-9(4-3-6-15-11)8-18-13(19)17-7-2-1-5-10(17)16-18/h1-7H,8H2,(H2,14,20). The lowest BCUT2D eigenvalue weighted by atomic mass is 10.2. The van der Waals surface area contributed by atoms with Crippen molar-refractivity contribution in [2.45, 2.75) is 6.54 Å². The van der Waals surface area contributed by atoms with Gasteiger partial charge in [-0.2, -0.15) is 0 Å². The quantitative estimate of drug-likeness (QED) is 0.712. The van der Waals surface area contributed by atoms with Gasteiger partial charge >= 0.3 is 5.69 Å². The Hall–Kier alpha value is -2.54. The van der Waals surface area contributed by atoms with Gasteiger partial charge in [-0.25, -0.2) is 9.48 Å². The molecule has 0 aliphatic carbocycles. The molecule has 3 heterocycles. The number of hydrogen-bond donors (Lipinski definition) is 1. The highest BCUT2D eigenvalue weighted by atomic mass is 32.1. The smallest absolute Gasteiger partial charge is 0.350 e. The Balaban J connectivity index is 2.08. The molecule has 0 saturated carbocycles. The third-order valence-electron chi connectivity index (χ3n) is 2.93. The molecule has 0 aliphatic heterocycles. The average molecular weight is 285 g/mol. The molecule has 3 aromatic rings. The van der Waals surface area contributed by atoms with Gasteiger partial charge in [0.1, 0.15) is 10.7 Å². The van der Waals surface area contributed by atoms with Crippen LogP contribution in [0.25, 0.3) is 5.65 Å². The Bertz CT molecular complexity index is 851. The molecule has 0 aromatic carbocycles. The van der Waals surface area contributed by atoms with E-state index in [2.05, 4.69) is 10.1 Å². The van der Waals surface area contributed by atoms with Crippen LogP contribution in [0.3, 0.4) is 0 Å². The molecule has 2 N–H and O–H groups in total. The fourth-order valence-electron chi connectivity index (χ4n) is 2.02. The van der Waals surface area contributed by atoms with Crippen molar-refractivity contribution in [2.24, 2.45) is 5.73 Å². The van der Waals surface area contributed by atoms with Crippen LogP contribution in [0.2, 0.25) is 0 Å². The SMILES string of the molecule is NC(=S)c1ncccc1Cn1nc2ccccn2c1=O. The molecule has 3 rings (SSSR count). The zero-order chi connectivity index (χ0) is 14.1. The van der Waals surface area contributed by atoms with Gasteiger partial charge in [-0.15, -0.1) is 5.10 Å². The van der Waals surface area contributed by atoms with Gasteiger partial charge < -0.3 is 5.73 Å². The van der Waals surface area contributed by atoms with Crippen LogP contribution in [-0.2, 0) is 6.54 Å². The van der Waals surface area contributed by atoms with Crippen molar-refractivity contribution < 1.29 is 0 Å². The number of nitrogens with two attached hydrogens (primary N) is 1. The predicted octanol–water partition coefficient (Wildman–Crippen LogP) is 0.574. The number of hydrogen-bond acceptors (Lipinski definition) is 4. The van der Waals surface area contributed by atoms with Crippen LogP contribution in [0, 0.1) is 0 Å². The van der Waals surface area contributed by atoms with Gasteiger partial charge in [-0.1, -0.05) is 24.4 Å². The molecule has 0 saturated heterocycles. The van der Waals surface area contributed by atoms with Gasteiger partial charge in [-0.3, -0.25) is 9.38 Å². The van der Waals surface area contributed by atoms with Crippen molar-refractivity contribution in [2.75, 3.05) is 0 Å². The van der Waals surface area contributed by atoms with Gasteiger partial charge in [0, 0.05) is 18.0 Å². The Kier molecular flexibility index (Phi) is 3.03. The number of nitrogens with zero attached hydrogens (tertiary/aromatic N) is 4. The lowest BCUT2D eigenvalue weighted by molar-refractivity contribution is 0.656. The number of fused-ring (bicyclic) bond motifs is 1. The average Bonchev–Trinajstić information content (AvgIpc) is 2.76. The summed E-state index contributed by atoms with van der Waals surface area (Å²) in [6, 6.07) is 8.99. The molecule has 3 aromatic heterocycles. The first-order chi connectivity index (χ1) is 9.66. The molecule has 0 amide bonds. The van der Waals surface area contributed by atoms with E-state index in [1.165, 1.54) is 9.08 Å². The van der Waals surface area contributed by atoms with Crippen molar-refractivity contribution in [3.8, 4) is 0 Å². The van der Waals surface area contributed by atoms with E-state index < -0.39 is 0 Å². The molecule has 0 aliphatic rings. The molecule has 0 spiro atoms. The summed E-state index contributed by atoms with van der Waals surface area (Å²) in [5.41, 5.74) is 7.31. The Morgan fingerprint density at radius 1 is 1.30 bits per heavy atom. The van der Waals surface area contributed by atoms with E-state index in [1.54, 1.807) is 30.6 Å². The second kappa shape index (κ2) is 4.86. The monoisotopic (exact) mass is 285 g/mol. The number of aromatic nitrogens is 4. The van der Waals surface area contributed by atoms with E-state index in [4.69, 9.17) is 18.0 Å². The van der Waals surface area contributed by atoms with Gasteiger partial charge in [0.2, 0.25) is 0 Å². The van der Waals surface area contributed by atoms with Gasteiger partial charge in [0.05, 0.1) is 6.54 Å². The summed E-state index contributed by atoms with van der Waals surface area (Å²) in [5, 5.41) is 4.26. The predicted molar refractivity (Wildman–Crippen MR) is 78.7 cm³/mol. The summed E-state index contributed by atoms with van der Waals surface area (Å²) < 4.78 is 2.85. The lowest BCUT2D eigenvalue weighted by Gasteiger charge is -2.05. The normalized spacial score (nSPS) is 10.8. The third kappa shape index (κ3) is 2.08. The largest absolute Gasteiger partial charge is 0.388 e. The van der Waals surface area contributed by atoms with Crippen molar-refractivity contribution >= 4 is 22.9 Å². The highest BCUT2D eigenvalue weighted by Gasteiger charge is 2.11. The summed E-state index contributed by atoms with van der Waals surface area (Å²) in [5.74, 6) is 0. The molecule has 0 atom stereocenters. The maximum Gasteiger partial charge on any atom is 0.350 e. The molecule has 7 heteroatoms. The van der Waals surface area contributed by atoms with Crippen LogP contribution < -0.4 is 11.4 Å². The highest BCUT2D eigenvalue weighted by Crippen LogP contribution is 2.07. The van der Waals surface area contributed by atoms with E-state index in [0.29, 0.717) is 11.3 Å². The van der Waals surface area contributed by atoms with E-state index in [0.717, 1.165) is 5.56 Å². The third-order valence-corrected chi connectivity index (χ3v) is 3.13. The van der Waals surface area contributed by atoms with E-state index in [9.17, 15) is 4.79 Å². The fraction of sp³-hybridized carbons (Fsp3) is 0.0769. The minimum absolute atomic E-state index is 0.206. The summed E-state index contributed by atoms with van der Waals surface area (Å²) in [6.45, 7) is 0.279. The van der Waals surface area contributed by atoms with Crippen molar-refractivity contribution in [1.29, 1.82) is 0 Å². The van der Waals surface area contributed by atoms with Crippen LogP contribution in [0.5, 0.6) is 0 Å². The van der Waals surface area contributed by atoms with Crippen LogP contribution in [-0.4, -0.2) is 24.2 Å². The number of pyridine rings is 2. The Morgan fingerprint density at radius 2 is 2.15 bits per heavy atom. The molecule has 0 unspecified atom stereocenters. The molecule has 0 bridgehead atoms. The highest BCUT2D eigenvalue weighted by molar-refractivity contribution is 7.80. The molecular weight excluding hydrogens is 274 g/mol. The first-order valence-electron chi connectivity index (χ1n) is 5.95. The zero-order valence-electron chi connectivity index (χ0n) is 10.4. The Morgan fingerprint density at radius 3 is 2.90 bits per heavy atom. The van der Waals surface area contributed by atoms with Crippen LogP contribution in [0.15, 0.2) is 47.5 Å². The molecule has 0 radical (unpaired) electrons. The molecule has 20 heavy (non-hydrogen) atoms. The van der Waals surface area contributed by atoms with Crippen molar-refractivity contribution in [3.05, 3.63) is 64.5 Å². The van der Waals surface area contributed by atoms with Crippen molar-refractivity contribution in [3.63, 3.8) is 0 Å². The van der Waals surface area contributed by atoms with Crippen LogP contribution in [0.1, 0.15) is 11.3 Å². The summed E-state index contributed by atoms with van der Waals surface area (Å²) >= 11 is 4.97. The first-order valence-corrected chi connectivity index (χ1v) is 6.35. The Labute approximate surface area is 119 Å². The molecular formula is C13H11N5OS. The van der Waals surface area contributed by atoms with Gasteiger partial charge in [-0.05, 0) is 18.2 Å². The zero-order valence-corrected chi connectivity index (χ0v) is 11.2. The second-order valence-electron chi connectivity index (χ2n) is 4.24. The number of thiocarbonyl (C=S) groups is 1. The maximum atomic E-state index is 12.2. The number of rotatable bonds is 3. The molecule has 100 valence electrons. The second-order valence-corrected chi connectivity index (χ2v) is 4.68. The van der Waals surface area contributed by atoms with Crippen LogP contribution >= 0.6 is 12.2 Å². The van der Waals surface area contributed by atoms with E-state index >= 15 is 0 Å². The molecule has 0 fully saturated rings. The summed E-state index contributed by atoms with van der Waals surface area (Å²) in [6.07, 6.45) is 3.29. The van der Waals surface area contributed by atoms with Crippen molar-refractivity contribution in [1.82, 2.24) is 19.2 Å². The summed E-state index contributed by atoms with van der Waals surface area (Å²) in [7, 11) is 0. The van der Waals surface area contributed by atoms with E-state index in [-0.39, 0.29) is 17.2 Å². The minimum Gasteiger partial charge on any atom is -0.388 e. The van der Waals surface area contributed by atoms with Crippen LogP contribution in [0.4, 0.5) is 0 Å². The first kappa shape index (κ1) is 12.5. The topological polar surface area (TPSA) is 78.2 Å². The lowest BCUT2D eigenvalue weighted by Crippen LogP contribution is -2.23. The molecule has 6 nitrogen and oxygen atoms in total. The summed E-state index contributed by atoms with van der Waals surface area (Å²) in [4.78, 5) is 16.5. The minimum atomic E-state index is -0.210.